The summed E-state index contributed by atoms with van der Waals surface area (Å²) in [7, 11) is 1.67. The molecule has 0 amide bonds. The van der Waals surface area contributed by atoms with Gasteiger partial charge >= 0.3 is 0 Å². The molecule has 2 fully saturated rings. The van der Waals surface area contributed by atoms with E-state index >= 15 is 0 Å². The van der Waals surface area contributed by atoms with Gasteiger partial charge in [0.25, 0.3) is 0 Å². The second-order valence-corrected chi connectivity index (χ2v) is 11.7. The van der Waals surface area contributed by atoms with Gasteiger partial charge in [0.15, 0.2) is 0 Å². The molecule has 0 saturated heterocycles. The first-order valence-electron chi connectivity index (χ1n) is 12.6. The summed E-state index contributed by atoms with van der Waals surface area (Å²) in [5.74, 6) is 2.57. The third-order valence-electron chi connectivity index (χ3n) is 7.14. The molecule has 2 saturated carbocycles. The zero-order chi connectivity index (χ0) is 25.4. The van der Waals surface area contributed by atoms with Gasteiger partial charge in [0.2, 0.25) is 0 Å². The lowest BCUT2D eigenvalue weighted by Gasteiger charge is -2.42. The molecule has 1 unspecified atom stereocenters. The van der Waals surface area contributed by atoms with Crippen LogP contribution in [0.4, 0.5) is 0 Å². The molecule has 7 heteroatoms. The highest BCUT2D eigenvalue weighted by Gasteiger charge is 2.39. The Balaban J connectivity index is 1.25. The van der Waals surface area contributed by atoms with Crippen molar-refractivity contribution in [2.24, 2.45) is 0 Å². The van der Waals surface area contributed by atoms with Crippen molar-refractivity contribution in [1.29, 1.82) is 0 Å². The molecule has 2 atom stereocenters. The molecule has 1 heterocycles. The molecule has 2 aliphatic carbocycles. The van der Waals surface area contributed by atoms with E-state index in [-0.39, 0.29) is 24.4 Å². The number of ether oxygens (including phenoxy) is 4. The van der Waals surface area contributed by atoms with Crippen molar-refractivity contribution < 1.29 is 24.1 Å². The first-order chi connectivity index (χ1) is 18.1. The van der Waals surface area contributed by atoms with Crippen molar-refractivity contribution in [3.63, 3.8) is 0 Å². The average molecular weight is 582 g/mol. The Labute approximate surface area is 229 Å². The molecule has 5 nitrogen and oxygen atoms in total. The minimum Gasteiger partial charge on any atom is -0.497 e. The summed E-state index contributed by atoms with van der Waals surface area (Å²) < 4.78 is 26.4. The highest BCUT2D eigenvalue weighted by atomic mass is 79.9. The molecule has 2 aliphatic rings. The minimum absolute atomic E-state index is 0.0238. The predicted octanol–water partition coefficient (Wildman–Crippen LogP) is 7.37. The van der Waals surface area contributed by atoms with E-state index < -0.39 is 0 Å². The molecule has 0 bridgehead atoms. The Morgan fingerprint density at radius 1 is 0.919 bits per heavy atom. The highest BCUT2D eigenvalue weighted by molar-refractivity contribution is 9.10. The zero-order valence-electron chi connectivity index (χ0n) is 20.6. The Morgan fingerprint density at radius 2 is 1.65 bits per heavy atom. The monoisotopic (exact) mass is 580 g/mol. The molecule has 0 radical (unpaired) electrons. The fraction of sp³-hybridized carbons (Fsp3) is 0.333. The van der Waals surface area contributed by atoms with Crippen molar-refractivity contribution in [2.45, 2.75) is 56.7 Å². The number of benzene rings is 3. The van der Waals surface area contributed by atoms with Gasteiger partial charge in [0.1, 0.15) is 30.0 Å². The van der Waals surface area contributed by atoms with Crippen LogP contribution in [-0.4, -0.2) is 36.6 Å². The lowest BCUT2D eigenvalue weighted by molar-refractivity contribution is -0.161. The molecule has 0 aliphatic heterocycles. The smallest absolute Gasteiger partial charge is 0.146 e. The second kappa shape index (κ2) is 10.7. The van der Waals surface area contributed by atoms with Crippen molar-refractivity contribution in [2.75, 3.05) is 7.11 Å². The van der Waals surface area contributed by atoms with E-state index in [2.05, 4.69) is 52.3 Å². The van der Waals surface area contributed by atoms with Crippen LogP contribution >= 0.6 is 27.3 Å². The predicted molar refractivity (Wildman–Crippen MR) is 150 cm³/mol. The lowest BCUT2D eigenvalue weighted by atomic mass is 9.88. The van der Waals surface area contributed by atoms with Crippen LogP contribution in [0.2, 0.25) is 0 Å². The van der Waals surface area contributed by atoms with E-state index in [9.17, 15) is 5.11 Å². The van der Waals surface area contributed by atoms with Crippen LogP contribution < -0.4 is 14.2 Å². The van der Waals surface area contributed by atoms with E-state index in [4.69, 9.17) is 18.9 Å². The number of hydrogen-bond donors (Lipinski definition) is 1. The quantitative estimate of drug-likeness (QED) is 0.224. The van der Waals surface area contributed by atoms with Crippen LogP contribution in [0.25, 0.3) is 20.5 Å². The van der Waals surface area contributed by atoms with Gasteiger partial charge in [-0.1, -0.05) is 40.2 Å². The second-order valence-electron chi connectivity index (χ2n) is 9.72. The molecule has 3 aromatic carbocycles. The molecular formula is C30H29BrO5S. The van der Waals surface area contributed by atoms with Gasteiger partial charge in [-0.3, -0.25) is 0 Å². The number of halogens is 1. The number of hydrogen-bond acceptors (Lipinski definition) is 6. The molecule has 0 spiro atoms. The van der Waals surface area contributed by atoms with Crippen molar-refractivity contribution in [3.8, 4) is 27.7 Å². The Kier molecular flexibility index (Phi) is 7.12. The Hall–Kier alpha value is -2.58. The maximum atomic E-state index is 9.61. The van der Waals surface area contributed by atoms with Crippen LogP contribution in [0.5, 0.6) is 17.2 Å². The largest absolute Gasteiger partial charge is 0.497 e. The molecule has 37 heavy (non-hydrogen) atoms. The van der Waals surface area contributed by atoms with E-state index in [0.717, 1.165) is 73.5 Å². The van der Waals surface area contributed by atoms with Crippen LogP contribution in [0.3, 0.4) is 0 Å². The van der Waals surface area contributed by atoms with Gasteiger partial charge in [-0.25, -0.2) is 0 Å². The van der Waals surface area contributed by atoms with Crippen LogP contribution in [0.1, 0.15) is 31.2 Å². The molecule has 1 aromatic heterocycles. The summed E-state index contributed by atoms with van der Waals surface area (Å²) in [6, 6.07) is 22.5. The first kappa shape index (κ1) is 24.7. The first-order valence-corrected chi connectivity index (χ1v) is 14.2. The fourth-order valence-electron chi connectivity index (χ4n) is 4.72. The summed E-state index contributed by atoms with van der Waals surface area (Å²) in [5, 5.41) is 10.7. The van der Waals surface area contributed by atoms with E-state index in [1.165, 1.54) is 0 Å². The van der Waals surface area contributed by atoms with Gasteiger partial charge < -0.3 is 24.1 Å². The number of fused-ring (bicyclic) bond motifs is 1. The summed E-state index contributed by atoms with van der Waals surface area (Å²) in [6.07, 6.45) is 3.48. The van der Waals surface area contributed by atoms with Gasteiger partial charge in [-0.15, -0.1) is 11.3 Å². The van der Waals surface area contributed by atoms with Gasteiger partial charge in [-0.05, 0) is 79.3 Å². The number of thiophene rings is 1. The zero-order valence-corrected chi connectivity index (χ0v) is 23.0. The average Bonchev–Trinajstić information content (AvgIpc) is 3.25. The third kappa shape index (κ3) is 5.36. The van der Waals surface area contributed by atoms with E-state index in [1.54, 1.807) is 18.4 Å². The van der Waals surface area contributed by atoms with Gasteiger partial charge in [0.05, 0.1) is 30.3 Å². The minimum atomic E-state index is -0.213. The summed E-state index contributed by atoms with van der Waals surface area (Å²) >= 11 is 5.27. The standard InChI is InChI=1S/C30H29BrO5S/c1-33-22-8-2-18(3-9-22)17-34-23-10-11-25-28(16-23)37-30(19-4-6-20(31)7-5-19)29(25)36-27-13-12-26(27)35-24-14-21(32)15-24/h2-11,16,21,24,26-27,32H,12-15,17H2,1H3/t21?,24?,26-,27?/m1/s1. The molecule has 6 rings (SSSR count). The number of rotatable bonds is 9. The molecule has 1 N–H and O–H groups in total. The maximum Gasteiger partial charge on any atom is 0.146 e. The fourth-order valence-corrected chi connectivity index (χ4v) is 6.15. The Bertz CT molecular complexity index is 1360. The van der Waals surface area contributed by atoms with Crippen molar-refractivity contribution in [1.82, 2.24) is 0 Å². The molecule has 4 aromatic rings. The normalized spacial score (nSPS) is 22.8. The van der Waals surface area contributed by atoms with Crippen molar-refractivity contribution >= 4 is 37.4 Å². The summed E-state index contributed by atoms with van der Waals surface area (Å²) in [5.41, 5.74) is 2.21. The van der Waals surface area contributed by atoms with Gasteiger partial charge in [0, 0.05) is 14.6 Å². The van der Waals surface area contributed by atoms with Gasteiger partial charge in [-0.2, -0.15) is 0 Å². The van der Waals surface area contributed by atoms with Crippen LogP contribution in [0.15, 0.2) is 71.2 Å². The van der Waals surface area contributed by atoms with Crippen LogP contribution in [0, 0.1) is 0 Å². The SMILES string of the molecule is COc1ccc(COc2ccc3c(OC4CC[C@H]4OC4CC(O)C4)c(-c4ccc(Br)cc4)sc3c2)cc1. The molecular weight excluding hydrogens is 552 g/mol. The number of methoxy groups -OCH3 is 1. The third-order valence-corrected chi connectivity index (χ3v) is 8.86. The van der Waals surface area contributed by atoms with Crippen molar-refractivity contribution in [3.05, 3.63) is 76.8 Å². The van der Waals surface area contributed by atoms with Crippen LogP contribution in [-0.2, 0) is 11.3 Å². The molecule has 192 valence electrons. The number of aliphatic hydroxyl groups is 1. The summed E-state index contributed by atoms with van der Waals surface area (Å²) in [6.45, 7) is 0.487. The van der Waals surface area contributed by atoms with E-state index in [1.807, 2.05) is 30.3 Å². The number of aliphatic hydroxyl groups excluding tert-OH is 1. The summed E-state index contributed by atoms with van der Waals surface area (Å²) in [4.78, 5) is 1.11. The maximum absolute atomic E-state index is 9.61. The Morgan fingerprint density at radius 3 is 2.32 bits per heavy atom. The highest BCUT2D eigenvalue weighted by Crippen LogP contribution is 2.47. The lowest BCUT2D eigenvalue weighted by Crippen LogP contribution is -2.48. The van der Waals surface area contributed by atoms with E-state index in [0.29, 0.717) is 6.61 Å². The topological polar surface area (TPSA) is 57.2 Å².